The van der Waals surface area contributed by atoms with Crippen LogP contribution >= 0.6 is 24.0 Å². The average molecular weight is 347 g/mol. The van der Waals surface area contributed by atoms with Gasteiger partial charge in [0, 0.05) is 37.9 Å². The second-order valence-electron chi connectivity index (χ2n) is 5.54. The van der Waals surface area contributed by atoms with Gasteiger partial charge in [-0.15, -0.1) is 12.4 Å². The normalized spacial score (nSPS) is 16.7. The summed E-state index contributed by atoms with van der Waals surface area (Å²) in [6.07, 6.45) is 1.42. The number of hydrogen-bond donors (Lipinski definition) is 1. The van der Waals surface area contributed by atoms with E-state index < -0.39 is 5.41 Å². The summed E-state index contributed by atoms with van der Waals surface area (Å²) in [7, 11) is 0. The topological polar surface area (TPSA) is 55.6 Å². The first-order chi connectivity index (χ1) is 10.1. The quantitative estimate of drug-likeness (QED) is 0.891. The highest BCUT2D eigenvalue weighted by Gasteiger charge is 2.41. The standard InChI is InChI=1S/C16H23ClN2O2.ClH/c1-2-19(11-13-3-5-14(17)6-4-13)15(20)16(12-18)7-9-21-10-8-16;/h3-6H,2,7-12,18H2,1H3;1H. The Bertz CT molecular complexity index is 474. The number of carbonyl (C=O) groups excluding carboxylic acids is 1. The van der Waals surface area contributed by atoms with Crippen LogP contribution in [-0.4, -0.2) is 37.1 Å². The summed E-state index contributed by atoms with van der Waals surface area (Å²) in [5, 5.41) is 0.705. The molecule has 4 nitrogen and oxygen atoms in total. The van der Waals surface area contributed by atoms with E-state index >= 15 is 0 Å². The first-order valence-corrected chi connectivity index (χ1v) is 7.81. The van der Waals surface area contributed by atoms with Crippen LogP contribution in [0.2, 0.25) is 5.02 Å². The van der Waals surface area contributed by atoms with E-state index in [4.69, 9.17) is 22.1 Å². The minimum absolute atomic E-state index is 0. The van der Waals surface area contributed by atoms with Crippen molar-refractivity contribution in [3.05, 3.63) is 34.9 Å². The number of hydrogen-bond acceptors (Lipinski definition) is 3. The van der Waals surface area contributed by atoms with Crippen molar-refractivity contribution in [2.45, 2.75) is 26.3 Å². The molecule has 0 aromatic heterocycles. The van der Waals surface area contributed by atoms with Crippen molar-refractivity contribution in [2.24, 2.45) is 11.1 Å². The zero-order valence-corrected chi connectivity index (χ0v) is 14.5. The minimum Gasteiger partial charge on any atom is -0.381 e. The maximum absolute atomic E-state index is 12.9. The molecular weight excluding hydrogens is 323 g/mol. The van der Waals surface area contributed by atoms with E-state index in [1.165, 1.54) is 0 Å². The predicted octanol–water partition coefficient (Wildman–Crippen LogP) is 2.87. The van der Waals surface area contributed by atoms with E-state index in [1.54, 1.807) is 0 Å². The number of ether oxygens (including phenoxy) is 1. The van der Waals surface area contributed by atoms with E-state index in [1.807, 2.05) is 36.1 Å². The fourth-order valence-corrected chi connectivity index (χ4v) is 2.87. The van der Waals surface area contributed by atoms with Gasteiger partial charge in [-0.05, 0) is 37.5 Å². The number of carbonyl (C=O) groups is 1. The molecule has 6 heteroatoms. The van der Waals surface area contributed by atoms with E-state index in [0.717, 1.165) is 5.56 Å². The van der Waals surface area contributed by atoms with E-state index in [9.17, 15) is 4.79 Å². The largest absolute Gasteiger partial charge is 0.381 e. The molecule has 2 rings (SSSR count). The molecule has 1 aliphatic rings. The van der Waals surface area contributed by atoms with Gasteiger partial charge in [0.05, 0.1) is 5.41 Å². The molecule has 0 bridgehead atoms. The molecule has 0 saturated carbocycles. The fourth-order valence-electron chi connectivity index (χ4n) is 2.74. The van der Waals surface area contributed by atoms with Crippen LogP contribution in [0.5, 0.6) is 0 Å². The lowest BCUT2D eigenvalue weighted by atomic mass is 9.78. The second kappa shape index (κ2) is 8.73. The smallest absolute Gasteiger partial charge is 0.230 e. The van der Waals surface area contributed by atoms with Crippen LogP contribution in [0.15, 0.2) is 24.3 Å². The van der Waals surface area contributed by atoms with Crippen LogP contribution in [-0.2, 0) is 16.1 Å². The van der Waals surface area contributed by atoms with Crippen LogP contribution in [0.1, 0.15) is 25.3 Å². The number of halogens is 2. The Morgan fingerprint density at radius 3 is 2.41 bits per heavy atom. The third-order valence-electron chi connectivity index (χ3n) is 4.25. The molecule has 1 heterocycles. The Balaban J connectivity index is 0.00000242. The van der Waals surface area contributed by atoms with Crippen molar-refractivity contribution in [1.82, 2.24) is 4.90 Å². The van der Waals surface area contributed by atoms with Crippen molar-refractivity contribution in [3.63, 3.8) is 0 Å². The van der Waals surface area contributed by atoms with Gasteiger partial charge in [-0.25, -0.2) is 0 Å². The van der Waals surface area contributed by atoms with Gasteiger partial charge in [-0.2, -0.15) is 0 Å². The summed E-state index contributed by atoms with van der Waals surface area (Å²) in [6.45, 7) is 4.87. The molecule has 1 saturated heterocycles. The number of nitrogens with two attached hydrogens (primary N) is 1. The Hall–Kier alpha value is -0.810. The highest BCUT2D eigenvalue weighted by molar-refractivity contribution is 6.30. The van der Waals surface area contributed by atoms with Crippen molar-refractivity contribution >= 4 is 29.9 Å². The third kappa shape index (κ3) is 4.35. The van der Waals surface area contributed by atoms with Crippen LogP contribution in [0, 0.1) is 5.41 Å². The molecule has 1 aromatic rings. The summed E-state index contributed by atoms with van der Waals surface area (Å²) in [5.41, 5.74) is 6.54. The molecule has 1 amide bonds. The molecule has 1 aromatic carbocycles. The molecular formula is C16H24Cl2N2O2. The van der Waals surface area contributed by atoms with Crippen molar-refractivity contribution in [1.29, 1.82) is 0 Å². The van der Waals surface area contributed by atoms with Crippen molar-refractivity contribution in [2.75, 3.05) is 26.3 Å². The lowest BCUT2D eigenvalue weighted by Crippen LogP contribution is -2.50. The number of benzene rings is 1. The lowest BCUT2D eigenvalue weighted by molar-refractivity contribution is -0.147. The Morgan fingerprint density at radius 2 is 1.91 bits per heavy atom. The monoisotopic (exact) mass is 346 g/mol. The maximum Gasteiger partial charge on any atom is 0.230 e. The first kappa shape index (κ1) is 19.2. The molecule has 124 valence electrons. The zero-order chi connectivity index (χ0) is 15.3. The summed E-state index contributed by atoms with van der Waals surface area (Å²) < 4.78 is 5.38. The fraction of sp³-hybridized carbons (Fsp3) is 0.562. The van der Waals surface area contributed by atoms with Crippen molar-refractivity contribution in [3.8, 4) is 0 Å². The van der Waals surface area contributed by atoms with Gasteiger partial charge in [0.2, 0.25) is 5.91 Å². The van der Waals surface area contributed by atoms with Gasteiger partial charge in [-0.1, -0.05) is 23.7 Å². The van der Waals surface area contributed by atoms with Crippen LogP contribution in [0.25, 0.3) is 0 Å². The molecule has 0 aliphatic carbocycles. The Kier molecular flexibility index (Phi) is 7.63. The molecule has 22 heavy (non-hydrogen) atoms. The van der Waals surface area contributed by atoms with E-state index in [0.29, 0.717) is 50.7 Å². The van der Waals surface area contributed by atoms with E-state index in [2.05, 4.69) is 0 Å². The van der Waals surface area contributed by atoms with Crippen molar-refractivity contribution < 1.29 is 9.53 Å². The maximum atomic E-state index is 12.9. The third-order valence-corrected chi connectivity index (χ3v) is 4.50. The SMILES string of the molecule is CCN(Cc1ccc(Cl)cc1)C(=O)C1(CN)CCOCC1.Cl. The van der Waals surface area contributed by atoms with Crippen LogP contribution in [0.3, 0.4) is 0 Å². The molecule has 2 N–H and O–H groups in total. The predicted molar refractivity (Wildman–Crippen MR) is 91.3 cm³/mol. The Labute approximate surface area is 143 Å². The summed E-state index contributed by atoms with van der Waals surface area (Å²) in [6, 6.07) is 7.61. The zero-order valence-electron chi connectivity index (χ0n) is 12.9. The van der Waals surface area contributed by atoms with Crippen LogP contribution in [0.4, 0.5) is 0 Å². The van der Waals surface area contributed by atoms with E-state index in [-0.39, 0.29) is 18.3 Å². The Morgan fingerprint density at radius 1 is 1.32 bits per heavy atom. The highest BCUT2D eigenvalue weighted by Crippen LogP contribution is 2.32. The summed E-state index contributed by atoms with van der Waals surface area (Å²) >= 11 is 5.90. The van der Waals surface area contributed by atoms with Gasteiger partial charge in [0.15, 0.2) is 0 Å². The number of nitrogens with zero attached hydrogens (tertiary/aromatic N) is 1. The first-order valence-electron chi connectivity index (χ1n) is 7.43. The molecule has 1 aliphatic heterocycles. The number of rotatable bonds is 5. The molecule has 1 fully saturated rings. The molecule has 0 spiro atoms. The summed E-state index contributed by atoms with van der Waals surface area (Å²) in [5.74, 6) is 0.144. The lowest BCUT2D eigenvalue weighted by Gasteiger charge is -2.38. The second-order valence-corrected chi connectivity index (χ2v) is 5.98. The number of amides is 1. The van der Waals surface area contributed by atoms with Gasteiger partial charge in [0.25, 0.3) is 0 Å². The molecule has 0 atom stereocenters. The molecule has 0 unspecified atom stereocenters. The van der Waals surface area contributed by atoms with Crippen LogP contribution < -0.4 is 5.73 Å². The average Bonchev–Trinajstić information content (AvgIpc) is 2.54. The molecule has 0 radical (unpaired) electrons. The van der Waals surface area contributed by atoms with Gasteiger partial charge >= 0.3 is 0 Å². The highest BCUT2D eigenvalue weighted by atomic mass is 35.5. The summed E-state index contributed by atoms with van der Waals surface area (Å²) in [4.78, 5) is 14.8. The van der Waals surface area contributed by atoms with Gasteiger partial charge in [0.1, 0.15) is 0 Å². The minimum atomic E-state index is -0.458. The van der Waals surface area contributed by atoms with Gasteiger partial charge in [-0.3, -0.25) is 4.79 Å². The van der Waals surface area contributed by atoms with Gasteiger partial charge < -0.3 is 15.4 Å².